The van der Waals surface area contributed by atoms with Gasteiger partial charge in [0.25, 0.3) is 0 Å². The van der Waals surface area contributed by atoms with Crippen molar-refractivity contribution in [2.45, 2.75) is 42.9 Å². The fourth-order valence-electron chi connectivity index (χ4n) is 2.19. The zero-order chi connectivity index (χ0) is 12.5. The lowest BCUT2D eigenvalue weighted by atomic mass is 10.1. The summed E-state index contributed by atoms with van der Waals surface area (Å²) in [5, 5.41) is 8.61. The van der Waals surface area contributed by atoms with E-state index in [-0.39, 0.29) is 0 Å². The highest BCUT2D eigenvalue weighted by molar-refractivity contribution is 7.99. The second-order valence-electron chi connectivity index (χ2n) is 4.42. The number of nitrogens with two attached hydrogens (primary N) is 1. The van der Waals surface area contributed by atoms with Gasteiger partial charge in [-0.15, -0.1) is 5.10 Å². The van der Waals surface area contributed by atoms with E-state index in [1.54, 1.807) is 0 Å². The van der Waals surface area contributed by atoms with Crippen molar-refractivity contribution in [3.05, 3.63) is 28.7 Å². The lowest BCUT2D eigenvalue weighted by molar-refractivity contribution is 0.881. The Morgan fingerprint density at radius 3 is 3.00 bits per heavy atom. The van der Waals surface area contributed by atoms with Gasteiger partial charge in [0.1, 0.15) is 10.9 Å². The van der Waals surface area contributed by atoms with Crippen molar-refractivity contribution < 1.29 is 0 Å². The summed E-state index contributed by atoms with van der Waals surface area (Å²) in [5.41, 5.74) is 9.45. The van der Waals surface area contributed by atoms with Gasteiger partial charge in [0.15, 0.2) is 0 Å². The van der Waals surface area contributed by atoms with E-state index in [1.165, 1.54) is 29.4 Å². The molecule has 0 fully saturated rings. The molecular weight excluding hydrogens is 246 g/mol. The van der Waals surface area contributed by atoms with Gasteiger partial charge in [-0.1, -0.05) is 6.07 Å². The monoisotopic (exact) mass is 261 g/mol. The second-order valence-corrected chi connectivity index (χ2v) is 5.38. The number of nitrogens with one attached hydrogen (secondary N) is 1. The Hall–Kier alpha value is -1.40. The highest BCUT2D eigenvalue weighted by Crippen LogP contribution is 2.30. The molecule has 5 nitrogen and oxygen atoms in total. The van der Waals surface area contributed by atoms with E-state index in [1.807, 2.05) is 6.92 Å². The van der Waals surface area contributed by atoms with Crippen LogP contribution in [0.4, 0.5) is 0 Å². The first kappa shape index (κ1) is 11.7. The molecule has 0 atom stereocenters. The first-order valence-corrected chi connectivity index (χ1v) is 6.86. The van der Waals surface area contributed by atoms with Crippen molar-refractivity contribution in [1.29, 1.82) is 0 Å². The third kappa shape index (κ3) is 2.13. The molecule has 2 heterocycles. The lowest BCUT2D eigenvalue weighted by Gasteiger charge is -2.08. The zero-order valence-electron chi connectivity index (χ0n) is 10.2. The smallest absolute Gasteiger partial charge is 0.214 e. The fourth-order valence-corrected chi connectivity index (χ4v) is 3.07. The minimum atomic E-state index is 0.506. The predicted molar refractivity (Wildman–Crippen MR) is 69.4 cm³/mol. The van der Waals surface area contributed by atoms with Crippen LogP contribution in [0.25, 0.3) is 0 Å². The molecule has 2 aromatic heterocycles. The third-order valence-corrected chi connectivity index (χ3v) is 3.99. The Morgan fingerprint density at radius 2 is 2.28 bits per heavy atom. The van der Waals surface area contributed by atoms with Crippen molar-refractivity contribution in [2.75, 3.05) is 0 Å². The standard InChI is InChI=1S/C12H15N5S/c1-7-14-12(17-16-7)18-11-9(6-13)5-8-3-2-4-10(8)15-11/h5H,2-4,6,13H2,1H3,(H,14,16,17). The Bertz CT molecular complexity index is 578. The van der Waals surface area contributed by atoms with E-state index in [9.17, 15) is 0 Å². The average Bonchev–Trinajstić information content (AvgIpc) is 2.97. The van der Waals surface area contributed by atoms with Crippen LogP contribution in [0.2, 0.25) is 0 Å². The summed E-state index contributed by atoms with van der Waals surface area (Å²) in [4.78, 5) is 9.01. The van der Waals surface area contributed by atoms with Crippen molar-refractivity contribution in [3.8, 4) is 0 Å². The van der Waals surface area contributed by atoms with Crippen LogP contribution in [0.3, 0.4) is 0 Å². The molecule has 0 saturated carbocycles. The van der Waals surface area contributed by atoms with Crippen LogP contribution in [0.1, 0.15) is 29.1 Å². The van der Waals surface area contributed by atoms with Crippen molar-refractivity contribution in [3.63, 3.8) is 0 Å². The summed E-state index contributed by atoms with van der Waals surface area (Å²) in [5.74, 6) is 0.813. The number of hydrogen-bond acceptors (Lipinski definition) is 5. The molecule has 0 radical (unpaired) electrons. The van der Waals surface area contributed by atoms with Crippen molar-refractivity contribution >= 4 is 11.8 Å². The molecule has 94 valence electrons. The molecule has 0 saturated heterocycles. The van der Waals surface area contributed by atoms with Gasteiger partial charge in [-0.2, -0.15) is 0 Å². The largest absolute Gasteiger partial charge is 0.326 e. The van der Waals surface area contributed by atoms with E-state index in [0.29, 0.717) is 11.7 Å². The second kappa shape index (κ2) is 4.70. The first-order valence-electron chi connectivity index (χ1n) is 6.05. The minimum Gasteiger partial charge on any atom is -0.326 e. The number of hydrogen-bond donors (Lipinski definition) is 2. The first-order chi connectivity index (χ1) is 8.76. The lowest BCUT2D eigenvalue weighted by Crippen LogP contribution is -2.03. The quantitative estimate of drug-likeness (QED) is 0.877. The SMILES string of the molecule is Cc1nc(Sc2nc3c(cc2CN)CCC3)n[nH]1. The van der Waals surface area contributed by atoms with E-state index >= 15 is 0 Å². The van der Waals surface area contributed by atoms with Crippen LogP contribution in [0.15, 0.2) is 16.2 Å². The molecule has 0 aromatic carbocycles. The maximum Gasteiger partial charge on any atom is 0.214 e. The van der Waals surface area contributed by atoms with E-state index < -0.39 is 0 Å². The molecule has 0 spiro atoms. The van der Waals surface area contributed by atoms with Crippen LogP contribution in [-0.4, -0.2) is 20.2 Å². The number of aryl methyl sites for hydroxylation is 3. The maximum absolute atomic E-state index is 5.80. The Morgan fingerprint density at radius 1 is 1.39 bits per heavy atom. The highest BCUT2D eigenvalue weighted by Gasteiger charge is 2.17. The van der Waals surface area contributed by atoms with Gasteiger partial charge in [-0.05, 0) is 49.1 Å². The maximum atomic E-state index is 5.80. The summed E-state index contributed by atoms with van der Waals surface area (Å²) < 4.78 is 0. The van der Waals surface area contributed by atoms with E-state index in [0.717, 1.165) is 29.3 Å². The number of aromatic amines is 1. The normalized spacial score (nSPS) is 13.9. The molecule has 18 heavy (non-hydrogen) atoms. The molecule has 1 aliphatic carbocycles. The summed E-state index contributed by atoms with van der Waals surface area (Å²) in [6.45, 7) is 2.39. The molecule has 2 aromatic rings. The summed E-state index contributed by atoms with van der Waals surface area (Å²) in [6.07, 6.45) is 3.39. The van der Waals surface area contributed by atoms with Gasteiger partial charge in [0.05, 0.1) is 0 Å². The molecule has 0 unspecified atom stereocenters. The zero-order valence-corrected chi connectivity index (χ0v) is 11.0. The molecule has 3 N–H and O–H groups in total. The Balaban J connectivity index is 1.95. The Kier molecular flexibility index (Phi) is 3.05. The summed E-state index contributed by atoms with van der Waals surface area (Å²) in [7, 11) is 0. The number of aromatic nitrogens is 4. The third-order valence-electron chi connectivity index (χ3n) is 3.07. The fraction of sp³-hybridized carbons (Fsp3) is 0.417. The Labute approximate surface area is 110 Å². The van der Waals surface area contributed by atoms with Crippen LogP contribution < -0.4 is 5.73 Å². The molecule has 0 aliphatic heterocycles. The molecule has 6 heteroatoms. The predicted octanol–water partition coefficient (Wildman–Crippen LogP) is 1.61. The number of fused-ring (bicyclic) bond motifs is 1. The number of H-pyrrole nitrogens is 1. The van der Waals surface area contributed by atoms with Gasteiger partial charge < -0.3 is 5.73 Å². The molecule has 3 rings (SSSR count). The van der Waals surface area contributed by atoms with Gasteiger partial charge in [-0.25, -0.2) is 9.97 Å². The van der Waals surface area contributed by atoms with Crippen LogP contribution in [0.5, 0.6) is 0 Å². The summed E-state index contributed by atoms with van der Waals surface area (Å²) >= 11 is 1.48. The number of rotatable bonds is 3. The number of nitrogens with zero attached hydrogens (tertiary/aromatic N) is 3. The molecule has 1 aliphatic rings. The van der Waals surface area contributed by atoms with E-state index in [2.05, 4.69) is 21.2 Å². The van der Waals surface area contributed by atoms with Crippen LogP contribution in [0, 0.1) is 6.92 Å². The molecule has 0 amide bonds. The molecule has 0 bridgehead atoms. The topological polar surface area (TPSA) is 80.5 Å². The minimum absolute atomic E-state index is 0.506. The van der Waals surface area contributed by atoms with Gasteiger partial charge in [0, 0.05) is 12.2 Å². The number of pyridine rings is 1. The molecular formula is C12H15N5S. The van der Waals surface area contributed by atoms with Gasteiger partial charge >= 0.3 is 0 Å². The van der Waals surface area contributed by atoms with Crippen LogP contribution >= 0.6 is 11.8 Å². The summed E-state index contributed by atoms with van der Waals surface area (Å²) in [6, 6.07) is 2.19. The average molecular weight is 261 g/mol. The van der Waals surface area contributed by atoms with Gasteiger partial charge in [-0.3, -0.25) is 5.10 Å². The highest BCUT2D eigenvalue weighted by atomic mass is 32.2. The van der Waals surface area contributed by atoms with Crippen LogP contribution in [-0.2, 0) is 19.4 Å². The van der Waals surface area contributed by atoms with Gasteiger partial charge in [0.2, 0.25) is 5.16 Å². The van der Waals surface area contributed by atoms with Crippen molar-refractivity contribution in [2.24, 2.45) is 5.73 Å². The van der Waals surface area contributed by atoms with Crippen molar-refractivity contribution in [1.82, 2.24) is 20.2 Å². The van der Waals surface area contributed by atoms with E-state index in [4.69, 9.17) is 10.7 Å².